The summed E-state index contributed by atoms with van der Waals surface area (Å²) in [6.07, 6.45) is 0. The van der Waals surface area contributed by atoms with Crippen LogP contribution in [0.3, 0.4) is 0 Å². The van der Waals surface area contributed by atoms with E-state index < -0.39 is 5.97 Å². The molecule has 2 aromatic rings. The van der Waals surface area contributed by atoms with Gasteiger partial charge in [-0.3, -0.25) is 4.79 Å². The Kier molecular flexibility index (Phi) is 5.52. The zero-order chi connectivity index (χ0) is 16.8. The highest BCUT2D eigenvalue weighted by Gasteiger charge is 2.09. The summed E-state index contributed by atoms with van der Waals surface area (Å²) in [5.41, 5.74) is 1.02. The second kappa shape index (κ2) is 7.58. The topological polar surface area (TPSA) is 52.6 Å². The zero-order valence-electron chi connectivity index (χ0n) is 13.5. The predicted octanol–water partition coefficient (Wildman–Crippen LogP) is 4.14. The molecule has 2 rings (SSSR count). The SMILES string of the molecule is CC(=O)c1ccc(OC(=O)c2ccc(OCC(C)C)cc2)cc1. The lowest BCUT2D eigenvalue weighted by atomic mass is 10.1. The molecule has 0 radical (unpaired) electrons. The van der Waals surface area contributed by atoms with Crippen LogP contribution in [0.5, 0.6) is 11.5 Å². The molecule has 4 nitrogen and oxygen atoms in total. The van der Waals surface area contributed by atoms with Gasteiger partial charge in [-0.25, -0.2) is 4.79 Å². The fourth-order valence-corrected chi connectivity index (χ4v) is 1.87. The number of esters is 1. The second-order valence-electron chi connectivity index (χ2n) is 5.70. The van der Waals surface area contributed by atoms with Crippen LogP contribution < -0.4 is 9.47 Å². The Morgan fingerprint density at radius 2 is 1.39 bits per heavy atom. The number of hydrogen-bond acceptors (Lipinski definition) is 4. The van der Waals surface area contributed by atoms with Crippen molar-refractivity contribution >= 4 is 11.8 Å². The van der Waals surface area contributed by atoms with Crippen molar-refractivity contribution in [1.82, 2.24) is 0 Å². The first-order chi connectivity index (χ1) is 11.0. The fraction of sp³-hybridized carbons (Fsp3) is 0.263. The highest BCUT2D eigenvalue weighted by molar-refractivity contribution is 5.94. The van der Waals surface area contributed by atoms with Crippen molar-refractivity contribution in [3.05, 3.63) is 59.7 Å². The van der Waals surface area contributed by atoms with Gasteiger partial charge in [-0.1, -0.05) is 13.8 Å². The molecule has 0 bridgehead atoms. The molecule has 0 heterocycles. The minimum Gasteiger partial charge on any atom is -0.493 e. The lowest BCUT2D eigenvalue weighted by molar-refractivity contribution is 0.0734. The maximum Gasteiger partial charge on any atom is 0.343 e. The number of Topliss-reactive ketones (excluding diaryl/α,β-unsaturated/α-hetero) is 1. The van der Waals surface area contributed by atoms with Crippen LogP contribution in [0.25, 0.3) is 0 Å². The van der Waals surface area contributed by atoms with Gasteiger partial charge < -0.3 is 9.47 Å². The van der Waals surface area contributed by atoms with Gasteiger partial charge >= 0.3 is 5.97 Å². The van der Waals surface area contributed by atoms with Crippen molar-refractivity contribution in [1.29, 1.82) is 0 Å². The van der Waals surface area contributed by atoms with Crippen LogP contribution in [-0.4, -0.2) is 18.4 Å². The molecule has 0 unspecified atom stereocenters. The van der Waals surface area contributed by atoms with E-state index in [1.54, 1.807) is 48.5 Å². The number of rotatable bonds is 6. The van der Waals surface area contributed by atoms with Crippen LogP contribution in [0.2, 0.25) is 0 Å². The van der Waals surface area contributed by atoms with Crippen LogP contribution in [-0.2, 0) is 0 Å². The van der Waals surface area contributed by atoms with Crippen LogP contribution in [0.1, 0.15) is 41.5 Å². The summed E-state index contributed by atoms with van der Waals surface area (Å²) in [4.78, 5) is 23.3. The van der Waals surface area contributed by atoms with E-state index in [4.69, 9.17) is 9.47 Å². The molecule has 2 aromatic carbocycles. The number of benzene rings is 2. The van der Waals surface area contributed by atoms with Crippen LogP contribution in [0.4, 0.5) is 0 Å². The minimum absolute atomic E-state index is 0.0279. The Morgan fingerprint density at radius 3 is 1.91 bits per heavy atom. The Hall–Kier alpha value is -2.62. The molecule has 0 aliphatic heterocycles. The van der Waals surface area contributed by atoms with Crippen molar-refractivity contribution in [2.75, 3.05) is 6.61 Å². The van der Waals surface area contributed by atoms with Gasteiger partial charge in [0.25, 0.3) is 0 Å². The first kappa shape index (κ1) is 16.7. The minimum atomic E-state index is -0.448. The van der Waals surface area contributed by atoms with E-state index in [2.05, 4.69) is 13.8 Å². The Balaban J connectivity index is 1.98. The molecule has 0 saturated heterocycles. The summed E-state index contributed by atoms with van der Waals surface area (Å²) in [7, 11) is 0. The number of hydrogen-bond donors (Lipinski definition) is 0. The smallest absolute Gasteiger partial charge is 0.343 e. The summed E-state index contributed by atoms with van der Waals surface area (Å²) in [6.45, 7) is 6.27. The van der Waals surface area contributed by atoms with Gasteiger partial charge in [0.15, 0.2) is 5.78 Å². The zero-order valence-corrected chi connectivity index (χ0v) is 13.5. The molecule has 0 aromatic heterocycles. The number of ketones is 1. The van der Waals surface area contributed by atoms with Crippen molar-refractivity contribution in [3.63, 3.8) is 0 Å². The van der Waals surface area contributed by atoms with Crippen LogP contribution >= 0.6 is 0 Å². The normalized spacial score (nSPS) is 10.4. The largest absolute Gasteiger partial charge is 0.493 e. The molecular formula is C19H20O4. The van der Waals surface area contributed by atoms with Crippen molar-refractivity contribution in [2.24, 2.45) is 5.92 Å². The van der Waals surface area contributed by atoms with Gasteiger partial charge in [-0.2, -0.15) is 0 Å². The molecule has 0 saturated carbocycles. The molecule has 4 heteroatoms. The van der Waals surface area contributed by atoms with Gasteiger partial charge in [0.2, 0.25) is 0 Å². The third-order valence-electron chi connectivity index (χ3n) is 3.14. The van der Waals surface area contributed by atoms with E-state index in [1.807, 2.05) is 0 Å². The van der Waals surface area contributed by atoms with E-state index in [9.17, 15) is 9.59 Å². The molecule has 0 spiro atoms. The lowest BCUT2D eigenvalue weighted by Gasteiger charge is -2.09. The van der Waals surface area contributed by atoms with Gasteiger partial charge in [0.1, 0.15) is 11.5 Å². The van der Waals surface area contributed by atoms with Crippen molar-refractivity contribution < 1.29 is 19.1 Å². The lowest BCUT2D eigenvalue weighted by Crippen LogP contribution is -2.09. The number of carbonyl (C=O) groups excluding carboxylic acids is 2. The van der Waals surface area contributed by atoms with E-state index in [1.165, 1.54) is 6.92 Å². The quantitative estimate of drug-likeness (QED) is 0.457. The van der Waals surface area contributed by atoms with Crippen molar-refractivity contribution in [2.45, 2.75) is 20.8 Å². The van der Waals surface area contributed by atoms with Gasteiger partial charge in [-0.15, -0.1) is 0 Å². The Bertz CT molecular complexity index is 670. The monoisotopic (exact) mass is 312 g/mol. The molecule has 0 aliphatic rings. The molecule has 0 amide bonds. The third kappa shape index (κ3) is 4.95. The molecule has 0 N–H and O–H groups in total. The fourth-order valence-electron chi connectivity index (χ4n) is 1.87. The van der Waals surface area contributed by atoms with E-state index in [0.29, 0.717) is 29.4 Å². The maximum absolute atomic E-state index is 12.1. The summed E-state index contributed by atoms with van der Waals surface area (Å²) in [6, 6.07) is 13.3. The first-order valence-corrected chi connectivity index (χ1v) is 7.51. The van der Waals surface area contributed by atoms with Gasteiger partial charge in [-0.05, 0) is 61.4 Å². The number of carbonyl (C=O) groups is 2. The highest BCUT2D eigenvalue weighted by atomic mass is 16.5. The Morgan fingerprint density at radius 1 is 0.870 bits per heavy atom. The van der Waals surface area contributed by atoms with E-state index in [0.717, 1.165) is 5.75 Å². The second-order valence-corrected chi connectivity index (χ2v) is 5.70. The predicted molar refractivity (Wildman–Crippen MR) is 88.2 cm³/mol. The molecule has 23 heavy (non-hydrogen) atoms. The number of ether oxygens (including phenoxy) is 2. The first-order valence-electron chi connectivity index (χ1n) is 7.51. The molecule has 0 fully saturated rings. The van der Waals surface area contributed by atoms with Gasteiger partial charge in [0, 0.05) is 5.56 Å². The van der Waals surface area contributed by atoms with Crippen LogP contribution in [0.15, 0.2) is 48.5 Å². The molecular weight excluding hydrogens is 292 g/mol. The summed E-state index contributed by atoms with van der Waals surface area (Å²) >= 11 is 0. The van der Waals surface area contributed by atoms with Crippen molar-refractivity contribution in [3.8, 4) is 11.5 Å². The third-order valence-corrected chi connectivity index (χ3v) is 3.14. The van der Waals surface area contributed by atoms with E-state index in [-0.39, 0.29) is 5.78 Å². The highest BCUT2D eigenvalue weighted by Crippen LogP contribution is 2.17. The maximum atomic E-state index is 12.1. The van der Waals surface area contributed by atoms with E-state index >= 15 is 0 Å². The standard InChI is InChI=1S/C19H20O4/c1-13(2)12-22-17-8-6-16(7-9-17)19(21)23-18-10-4-15(5-11-18)14(3)20/h4-11,13H,12H2,1-3H3. The molecule has 120 valence electrons. The van der Waals surface area contributed by atoms with Crippen LogP contribution in [0, 0.1) is 5.92 Å². The average molecular weight is 312 g/mol. The summed E-state index contributed by atoms with van der Waals surface area (Å²) in [5.74, 6) is 1.09. The molecule has 0 aliphatic carbocycles. The summed E-state index contributed by atoms with van der Waals surface area (Å²) in [5, 5.41) is 0. The summed E-state index contributed by atoms with van der Waals surface area (Å²) < 4.78 is 10.9. The molecule has 0 atom stereocenters. The van der Waals surface area contributed by atoms with Gasteiger partial charge in [0.05, 0.1) is 12.2 Å². The average Bonchev–Trinajstić information content (AvgIpc) is 2.54. The Labute approximate surface area is 136 Å².